The van der Waals surface area contributed by atoms with Crippen LogP contribution in [-0.2, 0) is 11.8 Å². The van der Waals surface area contributed by atoms with Crippen molar-refractivity contribution < 1.29 is 4.74 Å². The Balaban J connectivity index is 2.01. The number of benzene rings is 2. The lowest BCUT2D eigenvalue weighted by Gasteiger charge is -2.25. The fourth-order valence-electron chi connectivity index (χ4n) is 2.94. The summed E-state index contributed by atoms with van der Waals surface area (Å²) in [6.07, 6.45) is 1.02. The summed E-state index contributed by atoms with van der Waals surface area (Å²) in [7, 11) is 0. The first-order chi connectivity index (χ1) is 9.97. The minimum Gasteiger partial charge on any atom is -0.493 e. The van der Waals surface area contributed by atoms with Gasteiger partial charge in [0, 0.05) is 6.42 Å². The van der Waals surface area contributed by atoms with Crippen LogP contribution in [0.15, 0.2) is 42.5 Å². The molecule has 0 amide bonds. The Bertz CT molecular complexity index is 655. The minimum absolute atomic E-state index is 0.141. The topological polar surface area (TPSA) is 9.23 Å². The average molecular weight is 345 g/mol. The van der Waals surface area contributed by atoms with Gasteiger partial charge in [-0.25, -0.2) is 0 Å². The monoisotopic (exact) mass is 344 g/mol. The van der Waals surface area contributed by atoms with Gasteiger partial charge in [-0.2, -0.15) is 0 Å². The van der Waals surface area contributed by atoms with Gasteiger partial charge in [0.25, 0.3) is 0 Å². The first-order valence-corrected chi connectivity index (χ1v) is 8.37. The highest BCUT2D eigenvalue weighted by molar-refractivity contribution is 9.09. The fraction of sp³-hybridized carbons (Fsp3) is 0.368. The van der Waals surface area contributed by atoms with Gasteiger partial charge in [-0.05, 0) is 33.7 Å². The molecule has 110 valence electrons. The van der Waals surface area contributed by atoms with Crippen molar-refractivity contribution in [3.8, 4) is 5.75 Å². The molecule has 0 saturated heterocycles. The van der Waals surface area contributed by atoms with E-state index in [9.17, 15) is 0 Å². The maximum Gasteiger partial charge on any atom is 0.122 e. The first kappa shape index (κ1) is 14.6. The van der Waals surface area contributed by atoms with Gasteiger partial charge in [-0.1, -0.05) is 73.1 Å². The maximum absolute atomic E-state index is 5.60. The smallest absolute Gasteiger partial charge is 0.122 e. The summed E-state index contributed by atoms with van der Waals surface area (Å²) in [5.74, 6) is 1.04. The molecule has 2 heteroatoms. The molecule has 0 radical (unpaired) electrons. The second-order valence-corrected chi connectivity index (χ2v) is 7.58. The van der Waals surface area contributed by atoms with Crippen LogP contribution < -0.4 is 4.74 Å². The van der Waals surface area contributed by atoms with Gasteiger partial charge in [0.15, 0.2) is 0 Å². The van der Waals surface area contributed by atoms with Crippen LogP contribution in [0.25, 0.3) is 0 Å². The van der Waals surface area contributed by atoms with Crippen LogP contribution in [0.1, 0.15) is 47.9 Å². The lowest BCUT2D eigenvalue weighted by Crippen LogP contribution is -2.15. The summed E-state index contributed by atoms with van der Waals surface area (Å²) in [5, 5.41) is 0. The van der Waals surface area contributed by atoms with Gasteiger partial charge >= 0.3 is 0 Å². The molecule has 0 aromatic heterocycles. The van der Waals surface area contributed by atoms with E-state index in [1.54, 1.807) is 0 Å². The molecular weight excluding hydrogens is 324 g/mol. The molecule has 0 spiro atoms. The highest BCUT2D eigenvalue weighted by atomic mass is 79.9. The third-order valence-electron chi connectivity index (χ3n) is 4.05. The van der Waals surface area contributed by atoms with E-state index in [4.69, 9.17) is 4.74 Å². The Labute approximate surface area is 135 Å². The van der Waals surface area contributed by atoms with Crippen LogP contribution >= 0.6 is 15.9 Å². The second kappa shape index (κ2) is 5.49. The molecule has 1 heterocycles. The van der Waals surface area contributed by atoms with E-state index in [1.807, 2.05) is 0 Å². The number of alkyl halides is 1. The van der Waals surface area contributed by atoms with Crippen molar-refractivity contribution in [2.24, 2.45) is 0 Å². The van der Waals surface area contributed by atoms with E-state index in [0.717, 1.165) is 18.8 Å². The molecule has 0 aliphatic carbocycles. The zero-order valence-electron chi connectivity index (χ0n) is 12.8. The molecule has 1 aliphatic rings. The van der Waals surface area contributed by atoms with Crippen molar-refractivity contribution in [2.75, 3.05) is 6.61 Å². The molecule has 0 N–H and O–H groups in total. The van der Waals surface area contributed by atoms with Gasteiger partial charge < -0.3 is 4.74 Å². The lowest BCUT2D eigenvalue weighted by molar-refractivity contribution is 0.357. The average Bonchev–Trinajstić information content (AvgIpc) is 2.93. The third-order valence-corrected chi connectivity index (χ3v) is 5.07. The van der Waals surface area contributed by atoms with Gasteiger partial charge in [0.1, 0.15) is 5.75 Å². The number of hydrogen-bond acceptors (Lipinski definition) is 1. The normalized spacial score (nSPS) is 15.4. The van der Waals surface area contributed by atoms with Crippen LogP contribution in [0.4, 0.5) is 0 Å². The maximum atomic E-state index is 5.60. The Hall–Kier alpha value is -1.28. The molecule has 0 fully saturated rings. The minimum atomic E-state index is 0.141. The van der Waals surface area contributed by atoms with E-state index in [1.165, 1.54) is 22.3 Å². The quantitative estimate of drug-likeness (QED) is 0.662. The Morgan fingerprint density at radius 1 is 1.10 bits per heavy atom. The molecule has 1 aliphatic heterocycles. The summed E-state index contributed by atoms with van der Waals surface area (Å²) in [6, 6.07) is 15.3. The molecule has 1 unspecified atom stereocenters. The standard InChI is InChI=1S/C19H21BrO/c1-19(2,3)16-7-5-4-6-15(16)18(20)14-8-9-17-13(12-14)10-11-21-17/h4-9,12,18H,10-11H2,1-3H3. The van der Waals surface area contributed by atoms with Gasteiger partial charge in [-0.15, -0.1) is 0 Å². The van der Waals surface area contributed by atoms with Gasteiger partial charge in [-0.3, -0.25) is 0 Å². The Morgan fingerprint density at radius 2 is 1.86 bits per heavy atom. The van der Waals surface area contributed by atoms with Gasteiger partial charge in [0.05, 0.1) is 11.4 Å². The summed E-state index contributed by atoms with van der Waals surface area (Å²) < 4.78 is 5.60. The summed E-state index contributed by atoms with van der Waals surface area (Å²) in [5.41, 5.74) is 5.51. The van der Waals surface area contributed by atoms with E-state index in [-0.39, 0.29) is 10.2 Å². The number of halogens is 1. The predicted octanol–water partition coefficient (Wildman–Crippen LogP) is 5.40. The predicted molar refractivity (Wildman–Crippen MR) is 91.6 cm³/mol. The first-order valence-electron chi connectivity index (χ1n) is 7.46. The molecular formula is C19H21BrO. The van der Waals surface area contributed by atoms with E-state index < -0.39 is 0 Å². The van der Waals surface area contributed by atoms with Crippen LogP contribution in [0.5, 0.6) is 5.75 Å². The molecule has 1 atom stereocenters. The highest BCUT2D eigenvalue weighted by Gasteiger charge is 2.23. The third kappa shape index (κ3) is 2.87. The number of hydrogen-bond donors (Lipinski definition) is 0. The molecule has 2 aromatic carbocycles. The summed E-state index contributed by atoms with van der Waals surface area (Å²) in [6.45, 7) is 7.61. The molecule has 0 saturated carbocycles. The second-order valence-electron chi connectivity index (χ2n) is 6.67. The molecule has 0 bridgehead atoms. The Morgan fingerprint density at radius 3 is 2.62 bits per heavy atom. The van der Waals surface area contributed by atoms with Crippen molar-refractivity contribution in [1.29, 1.82) is 0 Å². The number of fused-ring (bicyclic) bond motifs is 1. The van der Waals surface area contributed by atoms with Gasteiger partial charge in [0.2, 0.25) is 0 Å². The SMILES string of the molecule is CC(C)(C)c1ccccc1C(Br)c1ccc2c(c1)CCO2. The van der Waals surface area contributed by atoms with Crippen molar-refractivity contribution in [1.82, 2.24) is 0 Å². The van der Waals surface area contributed by atoms with E-state index in [0.29, 0.717) is 0 Å². The number of ether oxygens (including phenoxy) is 1. The zero-order valence-corrected chi connectivity index (χ0v) is 14.4. The van der Waals surface area contributed by atoms with Crippen molar-refractivity contribution >= 4 is 15.9 Å². The van der Waals surface area contributed by atoms with Crippen LogP contribution in [0, 0.1) is 0 Å². The largest absolute Gasteiger partial charge is 0.493 e. The van der Waals surface area contributed by atoms with Crippen molar-refractivity contribution in [3.63, 3.8) is 0 Å². The lowest BCUT2D eigenvalue weighted by atomic mass is 9.82. The van der Waals surface area contributed by atoms with E-state index >= 15 is 0 Å². The van der Waals surface area contributed by atoms with Crippen LogP contribution in [0.2, 0.25) is 0 Å². The van der Waals surface area contributed by atoms with Crippen molar-refractivity contribution in [3.05, 3.63) is 64.7 Å². The van der Waals surface area contributed by atoms with Crippen molar-refractivity contribution in [2.45, 2.75) is 37.4 Å². The Kier molecular flexibility index (Phi) is 3.83. The van der Waals surface area contributed by atoms with Crippen LogP contribution in [0.3, 0.4) is 0 Å². The van der Waals surface area contributed by atoms with E-state index in [2.05, 4.69) is 79.2 Å². The molecule has 3 rings (SSSR count). The molecule has 2 aromatic rings. The zero-order chi connectivity index (χ0) is 15.0. The highest BCUT2D eigenvalue weighted by Crippen LogP contribution is 2.39. The number of rotatable bonds is 2. The van der Waals surface area contributed by atoms with Crippen LogP contribution in [-0.4, -0.2) is 6.61 Å². The molecule has 1 nitrogen and oxygen atoms in total. The summed E-state index contributed by atoms with van der Waals surface area (Å²) >= 11 is 3.90. The summed E-state index contributed by atoms with van der Waals surface area (Å²) in [4.78, 5) is 0.221. The fourth-order valence-corrected chi connectivity index (χ4v) is 3.63. The molecule has 21 heavy (non-hydrogen) atoms.